The first-order valence-electron chi connectivity index (χ1n) is 12.0. The summed E-state index contributed by atoms with van der Waals surface area (Å²) in [7, 11) is 2.96. The number of benzene rings is 4. The molecule has 1 amide bonds. The lowest BCUT2D eigenvalue weighted by molar-refractivity contribution is -0.386. The van der Waals surface area contributed by atoms with E-state index in [-0.39, 0.29) is 22.7 Å². The number of hydrogen-bond donors (Lipinski definition) is 1. The Hall–Kier alpha value is -5.45. The number of nitrogens with zero attached hydrogens (tertiary/aromatic N) is 2. The number of nitrogens with one attached hydrogen (secondary N) is 1. The highest BCUT2D eigenvalue weighted by Crippen LogP contribution is 2.31. The molecule has 0 aliphatic carbocycles. The fraction of sp³-hybridized carbons (Fsp3) is 0.138. The smallest absolute Gasteiger partial charge is 0.343 e. The zero-order chi connectivity index (χ0) is 28.6. The van der Waals surface area contributed by atoms with Crippen LogP contribution in [0.5, 0.6) is 23.0 Å². The standard InChI is InChI=1S/C29H25N3O8/c1-18(39-25-11-7-6-10-23(25)32(35)36)28(33)31-30-17-22-21-9-5-4-8-19(21)12-14-24(22)40-29(34)20-13-15-26(37-2)27(16-20)38-3/h4-18H,1-3H3,(H,31,33)/b30-17+. The number of hydrazone groups is 1. The molecule has 11 heteroatoms. The molecule has 11 nitrogen and oxygen atoms in total. The van der Waals surface area contributed by atoms with E-state index in [1.165, 1.54) is 51.6 Å². The van der Waals surface area contributed by atoms with E-state index in [1.54, 1.807) is 30.3 Å². The van der Waals surface area contributed by atoms with E-state index in [4.69, 9.17) is 18.9 Å². The molecule has 0 bridgehead atoms. The largest absolute Gasteiger partial charge is 0.493 e. The molecule has 0 radical (unpaired) electrons. The summed E-state index contributed by atoms with van der Waals surface area (Å²) in [5.74, 6) is -0.274. The third-order valence-electron chi connectivity index (χ3n) is 5.86. The number of nitro groups is 1. The first kappa shape index (κ1) is 27.6. The van der Waals surface area contributed by atoms with Crippen LogP contribution in [0.25, 0.3) is 10.8 Å². The molecule has 0 spiro atoms. The van der Waals surface area contributed by atoms with Gasteiger partial charge in [0, 0.05) is 11.6 Å². The van der Waals surface area contributed by atoms with E-state index >= 15 is 0 Å². The van der Waals surface area contributed by atoms with Gasteiger partial charge < -0.3 is 18.9 Å². The first-order valence-corrected chi connectivity index (χ1v) is 12.0. The van der Waals surface area contributed by atoms with Crippen molar-refractivity contribution in [2.24, 2.45) is 5.10 Å². The Morgan fingerprint density at radius 3 is 2.35 bits per heavy atom. The molecule has 4 aromatic carbocycles. The van der Waals surface area contributed by atoms with Crippen LogP contribution in [0.15, 0.2) is 84.0 Å². The van der Waals surface area contributed by atoms with Crippen LogP contribution in [0.2, 0.25) is 0 Å². The second kappa shape index (κ2) is 12.4. The number of ether oxygens (including phenoxy) is 4. The molecule has 0 saturated heterocycles. The summed E-state index contributed by atoms with van der Waals surface area (Å²) in [5, 5.41) is 16.8. The van der Waals surface area contributed by atoms with Gasteiger partial charge in [-0.15, -0.1) is 0 Å². The maximum absolute atomic E-state index is 13.0. The van der Waals surface area contributed by atoms with Gasteiger partial charge in [0.25, 0.3) is 5.91 Å². The van der Waals surface area contributed by atoms with Crippen LogP contribution >= 0.6 is 0 Å². The van der Waals surface area contributed by atoms with E-state index in [2.05, 4.69) is 10.5 Å². The minimum atomic E-state index is -1.09. The van der Waals surface area contributed by atoms with Crippen LogP contribution in [0.3, 0.4) is 0 Å². The Bertz CT molecular complexity index is 1600. The molecule has 1 atom stereocenters. The fourth-order valence-electron chi connectivity index (χ4n) is 3.82. The average Bonchev–Trinajstić information content (AvgIpc) is 2.97. The van der Waals surface area contributed by atoms with Crippen LogP contribution in [-0.4, -0.2) is 43.3 Å². The highest BCUT2D eigenvalue weighted by Gasteiger charge is 2.21. The van der Waals surface area contributed by atoms with Crippen molar-refractivity contribution < 1.29 is 33.5 Å². The van der Waals surface area contributed by atoms with Gasteiger partial charge in [-0.1, -0.05) is 42.5 Å². The predicted octanol–water partition coefficient (Wildman–Crippen LogP) is 4.90. The third kappa shape index (κ3) is 6.16. The van der Waals surface area contributed by atoms with Crippen molar-refractivity contribution in [2.45, 2.75) is 13.0 Å². The minimum absolute atomic E-state index is 0.0439. The van der Waals surface area contributed by atoms with Gasteiger partial charge in [0.05, 0.1) is 30.9 Å². The summed E-state index contributed by atoms with van der Waals surface area (Å²) in [6.07, 6.45) is 0.267. The van der Waals surface area contributed by atoms with Gasteiger partial charge in [-0.25, -0.2) is 10.2 Å². The number of amides is 1. The number of nitro benzene ring substituents is 1. The lowest BCUT2D eigenvalue weighted by Gasteiger charge is -2.13. The summed E-state index contributed by atoms with van der Waals surface area (Å²) in [6, 6.07) is 21.2. The second-order valence-electron chi connectivity index (χ2n) is 8.38. The fourth-order valence-corrected chi connectivity index (χ4v) is 3.82. The van der Waals surface area contributed by atoms with E-state index in [9.17, 15) is 19.7 Å². The average molecular weight is 544 g/mol. The number of carbonyl (C=O) groups is 2. The molecule has 0 aliphatic heterocycles. The van der Waals surface area contributed by atoms with E-state index in [1.807, 2.05) is 24.3 Å². The molecular weight excluding hydrogens is 518 g/mol. The molecule has 1 N–H and O–H groups in total. The summed E-state index contributed by atoms with van der Waals surface area (Å²) in [5.41, 5.74) is 2.79. The maximum Gasteiger partial charge on any atom is 0.343 e. The Labute approximate surface area is 229 Å². The number of fused-ring (bicyclic) bond motifs is 1. The third-order valence-corrected chi connectivity index (χ3v) is 5.86. The molecule has 0 heterocycles. The molecule has 1 unspecified atom stereocenters. The van der Waals surface area contributed by atoms with Gasteiger partial charge in [0.15, 0.2) is 23.4 Å². The van der Waals surface area contributed by atoms with Crippen molar-refractivity contribution in [3.63, 3.8) is 0 Å². The minimum Gasteiger partial charge on any atom is -0.493 e. The Balaban J connectivity index is 1.55. The van der Waals surface area contributed by atoms with Crippen molar-refractivity contribution in [1.29, 1.82) is 0 Å². The number of esters is 1. The normalized spacial score (nSPS) is 11.6. The Morgan fingerprint density at radius 1 is 0.900 bits per heavy atom. The SMILES string of the molecule is COc1ccc(C(=O)Oc2ccc3ccccc3c2/C=N/NC(=O)C(C)Oc2ccccc2[N+](=O)[O-])cc1OC. The highest BCUT2D eigenvalue weighted by molar-refractivity contribution is 6.04. The van der Waals surface area contributed by atoms with Crippen LogP contribution in [0, 0.1) is 10.1 Å². The molecule has 4 aromatic rings. The van der Waals surface area contributed by atoms with Crippen molar-refractivity contribution >= 4 is 34.6 Å². The molecule has 0 saturated carbocycles. The van der Waals surface area contributed by atoms with Gasteiger partial charge in [-0.3, -0.25) is 14.9 Å². The van der Waals surface area contributed by atoms with Crippen LogP contribution in [0.4, 0.5) is 5.69 Å². The Morgan fingerprint density at radius 2 is 1.60 bits per heavy atom. The molecule has 204 valence electrons. The zero-order valence-corrected chi connectivity index (χ0v) is 21.8. The summed E-state index contributed by atoms with van der Waals surface area (Å²) >= 11 is 0. The quantitative estimate of drug-likeness (QED) is 0.0980. The molecular formula is C29H25N3O8. The maximum atomic E-state index is 13.0. The van der Waals surface area contributed by atoms with Gasteiger partial charge >= 0.3 is 11.7 Å². The molecule has 40 heavy (non-hydrogen) atoms. The van der Waals surface area contributed by atoms with Crippen LogP contribution in [0.1, 0.15) is 22.8 Å². The van der Waals surface area contributed by atoms with Crippen LogP contribution in [-0.2, 0) is 4.79 Å². The zero-order valence-electron chi connectivity index (χ0n) is 21.8. The van der Waals surface area contributed by atoms with Crippen molar-refractivity contribution in [3.8, 4) is 23.0 Å². The number of hydrogen-bond acceptors (Lipinski definition) is 9. The van der Waals surface area contributed by atoms with Crippen molar-refractivity contribution in [3.05, 3.63) is 100 Å². The number of rotatable bonds is 10. The van der Waals surface area contributed by atoms with Crippen molar-refractivity contribution in [2.75, 3.05) is 14.2 Å². The number of methoxy groups -OCH3 is 2. The first-order chi connectivity index (χ1) is 19.3. The predicted molar refractivity (Wildman–Crippen MR) is 147 cm³/mol. The van der Waals surface area contributed by atoms with Crippen molar-refractivity contribution in [1.82, 2.24) is 5.43 Å². The summed E-state index contributed by atoms with van der Waals surface area (Å²) < 4.78 is 21.7. The number of carbonyl (C=O) groups excluding carboxylic acids is 2. The van der Waals surface area contributed by atoms with Gasteiger partial charge in [0.1, 0.15) is 5.75 Å². The summed E-state index contributed by atoms with van der Waals surface area (Å²) in [6.45, 7) is 1.44. The van der Waals surface area contributed by atoms with E-state index in [0.29, 0.717) is 17.1 Å². The lowest BCUT2D eigenvalue weighted by atomic mass is 10.0. The lowest BCUT2D eigenvalue weighted by Crippen LogP contribution is -2.33. The Kier molecular flexibility index (Phi) is 8.55. The molecule has 0 aromatic heterocycles. The monoisotopic (exact) mass is 543 g/mol. The molecule has 0 fully saturated rings. The topological polar surface area (TPSA) is 139 Å². The second-order valence-corrected chi connectivity index (χ2v) is 8.38. The van der Waals surface area contributed by atoms with Gasteiger partial charge in [0.2, 0.25) is 0 Å². The van der Waals surface area contributed by atoms with E-state index < -0.39 is 22.9 Å². The highest BCUT2D eigenvalue weighted by atomic mass is 16.6. The molecule has 0 aliphatic rings. The summed E-state index contributed by atoms with van der Waals surface area (Å²) in [4.78, 5) is 36.2. The number of para-hydroxylation sites is 2. The van der Waals surface area contributed by atoms with E-state index in [0.717, 1.165) is 10.8 Å². The molecule has 4 rings (SSSR count). The van der Waals surface area contributed by atoms with Crippen LogP contribution < -0.4 is 24.4 Å². The van der Waals surface area contributed by atoms with Gasteiger partial charge in [-0.05, 0) is 48.0 Å². The van der Waals surface area contributed by atoms with Gasteiger partial charge in [-0.2, -0.15) is 5.10 Å².